The van der Waals surface area contributed by atoms with Gasteiger partial charge in [0, 0.05) is 18.8 Å². The number of halogens is 1. The molecule has 0 unspecified atom stereocenters. The van der Waals surface area contributed by atoms with Crippen molar-refractivity contribution in [2.24, 2.45) is 0 Å². The van der Waals surface area contributed by atoms with Gasteiger partial charge < -0.3 is 15.4 Å². The lowest BCUT2D eigenvalue weighted by Gasteiger charge is -2.22. The number of carbonyl (C=O) groups excluding carboxylic acids is 1. The zero-order chi connectivity index (χ0) is 20.1. The van der Waals surface area contributed by atoms with Crippen molar-refractivity contribution in [3.05, 3.63) is 65.9 Å². The number of aromatic nitrogens is 4. The van der Waals surface area contributed by atoms with Crippen LogP contribution in [0.3, 0.4) is 0 Å². The molecule has 3 heterocycles. The van der Waals surface area contributed by atoms with Crippen LogP contribution in [0.25, 0.3) is 0 Å². The Balaban J connectivity index is 1.34. The van der Waals surface area contributed by atoms with Crippen molar-refractivity contribution < 1.29 is 13.9 Å². The van der Waals surface area contributed by atoms with Crippen molar-refractivity contribution in [2.75, 3.05) is 13.1 Å². The molecule has 3 aromatic rings. The molecule has 0 saturated carbocycles. The van der Waals surface area contributed by atoms with Crippen LogP contribution in [0.5, 0.6) is 11.6 Å². The molecule has 2 aromatic heterocycles. The molecule has 8 nitrogen and oxygen atoms in total. The van der Waals surface area contributed by atoms with Crippen molar-refractivity contribution in [3.63, 3.8) is 0 Å². The van der Waals surface area contributed by atoms with E-state index in [4.69, 9.17) is 4.74 Å². The van der Waals surface area contributed by atoms with Gasteiger partial charge >= 0.3 is 0 Å². The van der Waals surface area contributed by atoms with Gasteiger partial charge in [0.1, 0.15) is 11.6 Å². The van der Waals surface area contributed by atoms with Crippen molar-refractivity contribution in [1.82, 2.24) is 30.6 Å². The zero-order valence-electron chi connectivity index (χ0n) is 15.7. The van der Waals surface area contributed by atoms with E-state index in [-0.39, 0.29) is 17.8 Å². The van der Waals surface area contributed by atoms with Gasteiger partial charge in [0.2, 0.25) is 5.88 Å². The summed E-state index contributed by atoms with van der Waals surface area (Å²) in [7, 11) is 0. The average Bonchev–Trinajstić information content (AvgIpc) is 3.25. The molecule has 1 aromatic carbocycles. The van der Waals surface area contributed by atoms with Crippen LogP contribution < -0.4 is 15.4 Å². The van der Waals surface area contributed by atoms with Crippen LogP contribution in [0.4, 0.5) is 4.39 Å². The molecule has 1 aliphatic rings. The van der Waals surface area contributed by atoms with Gasteiger partial charge in [0.25, 0.3) is 5.91 Å². The fourth-order valence-corrected chi connectivity index (χ4v) is 3.14. The maximum atomic E-state index is 13.0. The summed E-state index contributed by atoms with van der Waals surface area (Å²) in [6, 6.07) is 9.46. The van der Waals surface area contributed by atoms with E-state index in [2.05, 4.69) is 25.9 Å². The van der Waals surface area contributed by atoms with Crippen LogP contribution in [-0.2, 0) is 6.54 Å². The molecule has 150 valence electrons. The van der Waals surface area contributed by atoms with Crippen LogP contribution in [0.2, 0.25) is 0 Å². The highest BCUT2D eigenvalue weighted by atomic mass is 19.1. The fraction of sp³-hybridized carbons (Fsp3) is 0.300. The summed E-state index contributed by atoms with van der Waals surface area (Å²) in [5.41, 5.74) is 1.11. The number of nitrogens with one attached hydrogen (secondary N) is 2. The Morgan fingerprint density at radius 2 is 2.03 bits per heavy atom. The monoisotopic (exact) mass is 396 g/mol. The minimum Gasteiger partial charge on any atom is -0.439 e. The number of ether oxygens (including phenoxy) is 1. The Kier molecular flexibility index (Phi) is 5.76. The first-order valence-electron chi connectivity index (χ1n) is 9.46. The standard InChI is InChI=1S/C20H21FN6O2/c21-15-1-3-17(4-2-15)29-19-11-14(5-10-23-19)12-24-20(28)18-13-27(26-25-18)16-6-8-22-9-7-16/h1-5,10-11,13,16,22H,6-9,12H2,(H,24,28). The normalized spacial score (nSPS) is 14.5. The molecule has 0 radical (unpaired) electrons. The smallest absolute Gasteiger partial charge is 0.273 e. The van der Waals surface area contributed by atoms with E-state index in [1.54, 1.807) is 29.2 Å². The Hall–Kier alpha value is -3.33. The number of carbonyl (C=O) groups is 1. The second-order valence-electron chi connectivity index (χ2n) is 6.81. The molecule has 1 fully saturated rings. The van der Waals surface area contributed by atoms with Gasteiger partial charge in [-0.2, -0.15) is 0 Å². The molecule has 2 N–H and O–H groups in total. The number of rotatable bonds is 6. The summed E-state index contributed by atoms with van der Waals surface area (Å²) >= 11 is 0. The van der Waals surface area contributed by atoms with E-state index < -0.39 is 0 Å². The largest absolute Gasteiger partial charge is 0.439 e. The van der Waals surface area contributed by atoms with E-state index >= 15 is 0 Å². The van der Waals surface area contributed by atoms with E-state index in [1.165, 1.54) is 24.3 Å². The molecule has 9 heteroatoms. The Morgan fingerprint density at radius 1 is 1.24 bits per heavy atom. The van der Waals surface area contributed by atoms with Crippen molar-refractivity contribution in [1.29, 1.82) is 0 Å². The number of pyridine rings is 1. The number of amides is 1. The minimum atomic E-state index is -0.334. The third kappa shape index (κ3) is 4.94. The van der Waals surface area contributed by atoms with Gasteiger partial charge in [-0.05, 0) is 61.8 Å². The van der Waals surface area contributed by atoms with Crippen LogP contribution in [0.1, 0.15) is 34.9 Å². The lowest BCUT2D eigenvalue weighted by Crippen LogP contribution is -2.29. The van der Waals surface area contributed by atoms with Gasteiger partial charge in [-0.25, -0.2) is 14.1 Å². The number of hydrogen-bond donors (Lipinski definition) is 2. The molecule has 4 rings (SSSR count). The van der Waals surface area contributed by atoms with E-state index in [0.29, 0.717) is 23.9 Å². The predicted molar refractivity (Wildman–Crippen MR) is 103 cm³/mol. The maximum absolute atomic E-state index is 13.0. The van der Waals surface area contributed by atoms with Crippen LogP contribution in [0.15, 0.2) is 48.8 Å². The molecule has 0 bridgehead atoms. The van der Waals surface area contributed by atoms with E-state index in [9.17, 15) is 9.18 Å². The highest BCUT2D eigenvalue weighted by molar-refractivity contribution is 5.91. The predicted octanol–water partition coefficient (Wildman–Crippen LogP) is 2.46. The van der Waals surface area contributed by atoms with Crippen LogP contribution >= 0.6 is 0 Å². The second-order valence-corrected chi connectivity index (χ2v) is 6.81. The van der Waals surface area contributed by atoms with Crippen molar-refractivity contribution >= 4 is 5.91 Å². The second kappa shape index (κ2) is 8.78. The third-order valence-corrected chi connectivity index (χ3v) is 4.71. The molecule has 0 atom stereocenters. The van der Waals surface area contributed by atoms with Crippen LogP contribution in [-0.4, -0.2) is 39.0 Å². The molecular formula is C20H21FN6O2. The molecular weight excluding hydrogens is 375 g/mol. The average molecular weight is 396 g/mol. The van der Waals surface area contributed by atoms with Gasteiger partial charge in [-0.3, -0.25) is 4.79 Å². The summed E-state index contributed by atoms with van der Waals surface area (Å²) < 4.78 is 20.4. The summed E-state index contributed by atoms with van der Waals surface area (Å²) in [6.45, 7) is 2.17. The first kappa shape index (κ1) is 19.0. The van der Waals surface area contributed by atoms with Crippen molar-refractivity contribution in [2.45, 2.75) is 25.4 Å². The summed E-state index contributed by atoms with van der Waals surface area (Å²) in [5.74, 6) is 0.219. The first-order valence-corrected chi connectivity index (χ1v) is 9.46. The topological polar surface area (TPSA) is 94.0 Å². The van der Waals surface area contributed by atoms with Crippen LogP contribution in [0, 0.1) is 5.82 Å². The lowest BCUT2D eigenvalue weighted by atomic mass is 10.1. The molecule has 1 amide bonds. The number of nitrogens with zero attached hydrogens (tertiary/aromatic N) is 4. The highest BCUT2D eigenvalue weighted by Crippen LogP contribution is 2.20. The molecule has 0 spiro atoms. The number of hydrogen-bond acceptors (Lipinski definition) is 6. The maximum Gasteiger partial charge on any atom is 0.273 e. The molecule has 29 heavy (non-hydrogen) atoms. The van der Waals surface area contributed by atoms with Crippen molar-refractivity contribution in [3.8, 4) is 11.6 Å². The highest BCUT2D eigenvalue weighted by Gasteiger charge is 2.18. The van der Waals surface area contributed by atoms with Gasteiger partial charge in [-0.1, -0.05) is 5.21 Å². The van der Waals surface area contributed by atoms with Gasteiger partial charge in [0.05, 0.1) is 12.2 Å². The summed E-state index contributed by atoms with van der Waals surface area (Å²) in [5, 5.41) is 14.2. The summed E-state index contributed by atoms with van der Waals surface area (Å²) in [4.78, 5) is 16.5. The Labute approximate surface area is 167 Å². The first-order chi connectivity index (χ1) is 14.2. The Morgan fingerprint density at radius 3 is 2.83 bits per heavy atom. The number of benzene rings is 1. The van der Waals surface area contributed by atoms with Gasteiger partial charge in [-0.15, -0.1) is 5.10 Å². The Bertz CT molecular complexity index is 969. The summed E-state index contributed by atoms with van der Waals surface area (Å²) in [6.07, 6.45) is 5.23. The molecule has 1 aliphatic heterocycles. The molecule has 1 saturated heterocycles. The quantitative estimate of drug-likeness (QED) is 0.665. The lowest BCUT2D eigenvalue weighted by molar-refractivity contribution is 0.0945. The molecule has 0 aliphatic carbocycles. The van der Waals surface area contributed by atoms with E-state index in [0.717, 1.165) is 31.5 Å². The minimum absolute atomic E-state index is 0.275. The SMILES string of the molecule is O=C(NCc1ccnc(Oc2ccc(F)cc2)c1)c1cn(C2CCNCC2)nn1. The zero-order valence-corrected chi connectivity index (χ0v) is 15.7. The van der Waals surface area contributed by atoms with Gasteiger partial charge in [0.15, 0.2) is 5.69 Å². The number of piperidine rings is 1. The van der Waals surface area contributed by atoms with E-state index in [1.807, 2.05) is 0 Å². The fourth-order valence-electron chi connectivity index (χ4n) is 3.14. The third-order valence-electron chi connectivity index (χ3n) is 4.71.